The van der Waals surface area contributed by atoms with Crippen molar-refractivity contribution in [3.8, 4) is 5.75 Å². The lowest BCUT2D eigenvalue weighted by atomic mass is 9.83. The Labute approximate surface area is 225 Å². The maximum absolute atomic E-state index is 13.7. The number of thiazole rings is 1. The number of halogens is 1. The molecule has 0 saturated carbocycles. The van der Waals surface area contributed by atoms with Crippen molar-refractivity contribution in [1.82, 2.24) is 9.88 Å². The molecule has 8 nitrogen and oxygen atoms in total. The standard InChI is InChI=1S/C27H24FN3O5S2/c28-16-7-9-17(10-8-16)31-25(33)21-20(22-24(29-27(35)38-22)37-23(21)26(31)34)15-5-4-6-18(13-15)36-14-19(32)30-11-2-1-3-12-30/h4-10,13,20-21,23H,1-3,11-12,14H2,(H,29,35)/t20-,21-,23+/m0/s1. The number of anilines is 1. The summed E-state index contributed by atoms with van der Waals surface area (Å²) in [5.41, 5.74) is 1.02. The minimum atomic E-state index is -0.762. The van der Waals surface area contributed by atoms with Crippen LogP contribution in [0.2, 0.25) is 0 Å². The van der Waals surface area contributed by atoms with Crippen LogP contribution in [0, 0.1) is 11.7 Å². The van der Waals surface area contributed by atoms with Crippen molar-refractivity contribution in [1.29, 1.82) is 0 Å². The number of carbonyl (C=O) groups is 3. The van der Waals surface area contributed by atoms with Crippen molar-refractivity contribution in [2.24, 2.45) is 5.92 Å². The lowest BCUT2D eigenvalue weighted by molar-refractivity contribution is -0.134. The topological polar surface area (TPSA) is 99.8 Å². The number of imide groups is 1. The number of amides is 3. The van der Waals surface area contributed by atoms with E-state index in [0.29, 0.717) is 26.9 Å². The molecule has 0 aliphatic carbocycles. The molecule has 38 heavy (non-hydrogen) atoms. The summed E-state index contributed by atoms with van der Waals surface area (Å²) in [6.45, 7) is 1.39. The highest BCUT2D eigenvalue weighted by molar-refractivity contribution is 8.00. The van der Waals surface area contributed by atoms with E-state index in [1.807, 2.05) is 11.0 Å². The smallest absolute Gasteiger partial charge is 0.305 e. The predicted molar refractivity (Wildman–Crippen MR) is 141 cm³/mol. The lowest BCUT2D eigenvalue weighted by Crippen LogP contribution is -2.38. The molecule has 2 aromatic carbocycles. The molecule has 1 aromatic heterocycles. The molecule has 0 spiro atoms. The minimum absolute atomic E-state index is 0.0677. The van der Waals surface area contributed by atoms with Gasteiger partial charge in [-0.1, -0.05) is 35.2 Å². The van der Waals surface area contributed by atoms with Gasteiger partial charge in [0.15, 0.2) is 6.61 Å². The average molecular weight is 554 g/mol. The third kappa shape index (κ3) is 4.43. The number of rotatable bonds is 5. The van der Waals surface area contributed by atoms with E-state index in [9.17, 15) is 23.6 Å². The molecular weight excluding hydrogens is 529 g/mol. The van der Waals surface area contributed by atoms with Crippen LogP contribution in [-0.4, -0.2) is 52.6 Å². The number of ether oxygens (including phenoxy) is 1. The molecule has 196 valence electrons. The van der Waals surface area contributed by atoms with E-state index in [1.54, 1.807) is 18.2 Å². The molecule has 0 radical (unpaired) electrons. The Morgan fingerprint density at radius 3 is 2.55 bits per heavy atom. The van der Waals surface area contributed by atoms with Crippen molar-refractivity contribution in [3.05, 3.63) is 74.5 Å². The van der Waals surface area contributed by atoms with Crippen LogP contribution in [0.3, 0.4) is 0 Å². The molecule has 4 heterocycles. The van der Waals surface area contributed by atoms with Gasteiger partial charge in [0.25, 0.3) is 5.91 Å². The van der Waals surface area contributed by atoms with Gasteiger partial charge in [-0.05, 0) is 61.2 Å². The number of fused-ring (bicyclic) bond motifs is 2. The summed E-state index contributed by atoms with van der Waals surface area (Å²) >= 11 is 2.20. The van der Waals surface area contributed by atoms with E-state index in [-0.39, 0.29) is 17.4 Å². The molecule has 1 N–H and O–H groups in total. The average Bonchev–Trinajstić information content (AvgIpc) is 3.42. The first kappa shape index (κ1) is 24.9. The molecular formula is C27H24FN3O5S2. The van der Waals surface area contributed by atoms with Crippen LogP contribution in [0.4, 0.5) is 10.1 Å². The van der Waals surface area contributed by atoms with Gasteiger partial charge in [-0.15, -0.1) is 0 Å². The van der Waals surface area contributed by atoms with Gasteiger partial charge in [0.1, 0.15) is 16.8 Å². The fourth-order valence-electron chi connectivity index (χ4n) is 5.40. The van der Waals surface area contributed by atoms with Crippen molar-refractivity contribution < 1.29 is 23.5 Å². The molecule has 2 saturated heterocycles. The Morgan fingerprint density at radius 1 is 1.03 bits per heavy atom. The van der Waals surface area contributed by atoms with Gasteiger partial charge in [0.05, 0.1) is 16.6 Å². The summed E-state index contributed by atoms with van der Waals surface area (Å²) in [6, 6.07) is 12.4. The Kier molecular flexibility index (Phi) is 6.56. The molecule has 3 aromatic rings. The third-order valence-corrected chi connectivity index (χ3v) is 9.60. The van der Waals surface area contributed by atoms with E-state index in [1.165, 1.54) is 36.0 Å². The summed E-state index contributed by atoms with van der Waals surface area (Å²) in [5.74, 6) is -2.19. The van der Waals surface area contributed by atoms with Crippen LogP contribution >= 0.6 is 23.1 Å². The first-order valence-electron chi connectivity index (χ1n) is 12.4. The Hall–Kier alpha value is -3.44. The van der Waals surface area contributed by atoms with Gasteiger partial charge < -0.3 is 14.6 Å². The largest absolute Gasteiger partial charge is 0.484 e. The summed E-state index contributed by atoms with van der Waals surface area (Å²) in [7, 11) is 0. The van der Waals surface area contributed by atoms with Crippen LogP contribution in [0.1, 0.15) is 35.6 Å². The number of thioether (sulfide) groups is 1. The normalized spacial score (nSPS) is 22.8. The molecule has 3 amide bonds. The van der Waals surface area contributed by atoms with Crippen molar-refractivity contribution in [3.63, 3.8) is 0 Å². The van der Waals surface area contributed by atoms with Gasteiger partial charge in [0, 0.05) is 23.9 Å². The summed E-state index contributed by atoms with van der Waals surface area (Å²) in [4.78, 5) is 58.3. The number of benzene rings is 2. The Balaban J connectivity index is 1.32. The van der Waals surface area contributed by atoms with Gasteiger partial charge in [-0.2, -0.15) is 0 Å². The van der Waals surface area contributed by atoms with Gasteiger partial charge >= 0.3 is 4.87 Å². The number of piperidine rings is 1. The van der Waals surface area contributed by atoms with Crippen LogP contribution in [0.25, 0.3) is 0 Å². The summed E-state index contributed by atoms with van der Waals surface area (Å²) in [6.07, 6.45) is 3.11. The second kappa shape index (κ2) is 10.0. The van der Waals surface area contributed by atoms with E-state index in [4.69, 9.17) is 4.74 Å². The maximum Gasteiger partial charge on any atom is 0.305 e. The SMILES string of the molecule is O=C(COc1cccc([C@@H]2c3sc(=O)[nH]c3S[C@H]3C(=O)N(c4ccc(F)cc4)C(=O)[C@@H]23)c1)N1CCCCC1. The maximum atomic E-state index is 13.7. The minimum Gasteiger partial charge on any atom is -0.484 e. The highest BCUT2D eigenvalue weighted by Gasteiger charge is 2.56. The molecule has 6 rings (SSSR count). The Morgan fingerprint density at radius 2 is 1.79 bits per heavy atom. The quantitative estimate of drug-likeness (QED) is 0.483. The molecule has 0 bridgehead atoms. The number of aromatic amines is 1. The monoisotopic (exact) mass is 553 g/mol. The number of nitrogens with zero attached hydrogens (tertiary/aromatic N) is 2. The van der Waals surface area contributed by atoms with Crippen molar-refractivity contribution in [2.75, 3.05) is 24.6 Å². The van der Waals surface area contributed by atoms with E-state index in [0.717, 1.165) is 48.6 Å². The number of carbonyl (C=O) groups excluding carboxylic acids is 3. The fourth-order valence-corrected chi connectivity index (χ4v) is 7.91. The first-order valence-corrected chi connectivity index (χ1v) is 14.1. The van der Waals surface area contributed by atoms with Crippen molar-refractivity contribution >= 4 is 46.5 Å². The number of nitrogens with one attached hydrogen (secondary N) is 1. The first-order chi connectivity index (χ1) is 18.4. The van der Waals surface area contributed by atoms with Crippen LogP contribution in [0.5, 0.6) is 5.75 Å². The molecule has 3 aliphatic rings. The highest BCUT2D eigenvalue weighted by Crippen LogP contribution is 2.53. The molecule has 3 aliphatic heterocycles. The zero-order valence-electron chi connectivity index (χ0n) is 20.2. The number of likely N-dealkylation sites (tertiary alicyclic amines) is 1. The van der Waals surface area contributed by atoms with E-state index in [2.05, 4.69) is 4.98 Å². The molecule has 11 heteroatoms. The highest BCUT2D eigenvalue weighted by atomic mass is 32.2. The molecule has 0 unspecified atom stereocenters. The number of hydrogen-bond donors (Lipinski definition) is 1. The Bertz CT molecular complexity index is 1460. The van der Waals surface area contributed by atoms with Gasteiger partial charge in [-0.25, -0.2) is 9.29 Å². The van der Waals surface area contributed by atoms with Gasteiger partial charge in [0.2, 0.25) is 11.8 Å². The summed E-state index contributed by atoms with van der Waals surface area (Å²) in [5, 5.41) is -0.180. The van der Waals surface area contributed by atoms with Crippen LogP contribution < -0.4 is 14.5 Å². The fraction of sp³-hybridized carbons (Fsp3) is 0.333. The second-order valence-electron chi connectivity index (χ2n) is 9.54. The zero-order chi connectivity index (χ0) is 26.4. The summed E-state index contributed by atoms with van der Waals surface area (Å²) < 4.78 is 19.4. The number of aromatic nitrogens is 1. The number of H-pyrrole nitrogens is 1. The zero-order valence-corrected chi connectivity index (χ0v) is 21.9. The van der Waals surface area contributed by atoms with E-state index < -0.39 is 34.7 Å². The lowest BCUT2D eigenvalue weighted by Gasteiger charge is -2.30. The van der Waals surface area contributed by atoms with Crippen LogP contribution in [0.15, 0.2) is 58.4 Å². The predicted octanol–water partition coefficient (Wildman–Crippen LogP) is 3.76. The van der Waals surface area contributed by atoms with Crippen LogP contribution in [-0.2, 0) is 14.4 Å². The van der Waals surface area contributed by atoms with Gasteiger partial charge in [-0.3, -0.25) is 19.2 Å². The molecule has 3 atom stereocenters. The second-order valence-corrected chi connectivity index (χ2v) is 11.7. The van der Waals surface area contributed by atoms with E-state index >= 15 is 0 Å². The number of hydrogen-bond acceptors (Lipinski definition) is 7. The molecule has 2 fully saturated rings. The van der Waals surface area contributed by atoms with Crippen molar-refractivity contribution in [2.45, 2.75) is 35.5 Å². The third-order valence-electron chi connectivity index (χ3n) is 7.20.